The fraction of sp³-hybridized carbons (Fsp3) is 0.560. The van der Waals surface area contributed by atoms with Gasteiger partial charge in [-0.1, -0.05) is 54.6 Å². The fourth-order valence-corrected chi connectivity index (χ4v) is 4.06. The zero-order chi connectivity index (χ0) is 21.8. The lowest BCUT2D eigenvalue weighted by atomic mass is 9.89. The molecule has 0 aliphatic heterocycles. The Bertz CT molecular complexity index is 673. The number of benzene rings is 1. The molecule has 0 saturated heterocycles. The molecule has 1 fully saturated rings. The number of aliphatic hydroxyl groups is 3. The average molecular weight is 416 g/mol. The monoisotopic (exact) mass is 415 g/mol. The van der Waals surface area contributed by atoms with Gasteiger partial charge in [0.2, 0.25) is 5.91 Å². The van der Waals surface area contributed by atoms with Crippen LogP contribution in [0.25, 0.3) is 0 Å². The fourth-order valence-electron chi connectivity index (χ4n) is 4.06. The Morgan fingerprint density at radius 3 is 2.70 bits per heavy atom. The summed E-state index contributed by atoms with van der Waals surface area (Å²) in [5.74, 6) is -0.139. The van der Waals surface area contributed by atoms with Crippen molar-refractivity contribution in [1.29, 1.82) is 0 Å². The van der Waals surface area contributed by atoms with E-state index in [9.17, 15) is 20.1 Å². The molecular formula is C25H37NO4. The molecule has 0 bridgehead atoms. The molecule has 1 aromatic rings. The number of carbonyl (C=O) groups is 1. The third-order valence-electron chi connectivity index (χ3n) is 5.77. The second kappa shape index (κ2) is 13.4. The van der Waals surface area contributed by atoms with Gasteiger partial charge >= 0.3 is 0 Å². The molecule has 1 saturated carbocycles. The summed E-state index contributed by atoms with van der Waals surface area (Å²) >= 11 is 0. The molecule has 0 spiro atoms. The van der Waals surface area contributed by atoms with Crippen LogP contribution < -0.4 is 5.32 Å². The number of amides is 1. The number of aliphatic hydroxyl groups excluding tert-OH is 3. The molecule has 0 aromatic heterocycles. The minimum absolute atomic E-state index is 0.0581. The van der Waals surface area contributed by atoms with Crippen LogP contribution in [0.3, 0.4) is 0 Å². The second-order valence-corrected chi connectivity index (χ2v) is 8.14. The van der Waals surface area contributed by atoms with Crippen molar-refractivity contribution in [3.8, 4) is 0 Å². The van der Waals surface area contributed by atoms with Crippen LogP contribution in [0, 0.1) is 11.8 Å². The lowest BCUT2D eigenvalue weighted by Gasteiger charge is -2.19. The SMILES string of the molecule is CCNC(=O)CCC/C=C\C[C@@H]1[C@@H](/C=C/[C@@H](O)CCc2ccccc2)[C@@H](O)C[C@@H]1O. The van der Waals surface area contributed by atoms with Gasteiger partial charge in [0, 0.05) is 25.3 Å². The lowest BCUT2D eigenvalue weighted by Crippen LogP contribution is -2.21. The van der Waals surface area contributed by atoms with E-state index in [2.05, 4.69) is 5.32 Å². The number of hydrogen-bond donors (Lipinski definition) is 4. The molecule has 0 unspecified atom stereocenters. The highest BCUT2D eigenvalue weighted by atomic mass is 16.3. The standard InChI is InChI=1S/C25H37NO4/c1-2-26-25(30)13-9-4-3-8-12-21-22(24(29)18-23(21)28)17-16-20(27)15-14-19-10-6-5-7-11-19/h3,5-8,10-11,16-17,20-24,27-29H,2,4,9,12-15,18H2,1H3,(H,26,30)/b8-3-,17-16+/t20-,21+,22+,23-,24-/m0/s1. The number of allylic oxidation sites excluding steroid dienone is 2. The van der Waals surface area contributed by atoms with E-state index < -0.39 is 18.3 Å². The third-order valence-corrected chi connectivity index (χ3v) is 5.77. The summed E-state index contributed by atoms with van der Waals surface area (Å²) in [4.78, 5) is 11.4. The second-order valence-electron chi connectivity index (χ2n) is 8.14. The maximum absolute atomic E-state index is 11.4. The molecule has 4 N–H and O–H groups in total. The maximum atomic E-state index is 11.4. The van der Waals surface area contributed by atoms with Crippen molar-refractivity contribution in [2.45, 2.75) is 70.2 Å². The molecule has 1 aliphatic rings. The highest BCUT2D eigenvalue weighted by Gasteiger charge is 2.39. The van der Waals surface area contributed by atoms with E-state index in [1.165, 1.54) is 5.56 Å². The van der Waals surface area contributed by atoms with Crippen LogP contribution in [0.15, 0.2) is 54.6 Å². The zero-order valence-electron chi connectivity index (χ0n) is 18.0. The summed E-state index contributed by atoms with van der Waals surface area (Å²) in [5.41, 5.74) is 1.19. The Morgan fingerprint density at radius 1 is 1.20 bits per heavy atom. The van der Waals surface area contributed by atoms with Gasteiger partial charge in [0.05, 0.1) is 18.3 Å². The first-order valence-electron chi connectivity index (χ1n) is 11.2. The van der Waals surface area contributed by atoms with Gasteiger partial charge in [-0.25, -0.2) is 0 Å². The zero-order valence-corrected chi connectivity index (χ0v) is 18.0. The van der Waals surface area contributed by atoms with Gasteiger partial charge in [-0.2, -0.15) is 0 Å². The maximum Gasteiger partial charge on any atom is 0.219 e. The lowest BCUT2D eigenvalue weighted by molar-refractivity contribution is -0.121. The van der Waals surface area contributed by atoms with Crippen LogP contribution in [0.5, 0.6) is 0 Å². The predicted octanol–water partition coefficient (Wildman–Crippen LogP) is 3.15. The Balaban J connectivity index is 1.78. The number of hydrogen-bond acceptors (Lipinski definition) is 4. The highest BCUT2D eigenvalue weighted by Crippen LogP contribution is 2.36. The minimum Gasteiger partial charge on any atom is -0.393 e. The molecule has 5 nitrogen and oxygen atoms in total. The summed E-state index contributed by atoms with van der Waals surface area (Å²) in [5, 5.41) is 33.8. The van der Waals surface area contributed by atoms with Gasteiger partial charge in [0.1, 0.15) is 0 Å². The molecule has 166 valence electrons. The number of rotatable bonds is 12. The van der Waals surface area contributed by atoms with Gasteiger partial charge in [-0.15, -0.1) is 0 Å². The number of nitrogens with one attached hydrogen (secondary N) is 1. The van der Waals surface area contributed by atoms with Crippen molar-refractivity contribution < 1.29 is 20.1 Å². The van der Waals surface area contributed by atoms with E-state index in [0.29, 0.717) is 32.2 Å². The highest BCUT2D eigenvalue weighted by molar-refractivity contribution is 5.75. The molecule has 1 aliphatic carbocycles. The van der Waals surface area contributed by atoms with E-state index in [4.69, 9.17) is 0 Å². The smallest absolute Gasteiger partial charge is 0.219 e. The molecule has 2 rings (SSSR count). The Labute approximate surface area is 180 Å². The average Bonchev–Trinajstić information content (AvgIpc) is 3.00. The first-order chi connectivity index (χ1) is 14.5. The summed E-state index contributed by atoms with van der Waals surface area (Å²) in [6.07, 6.45) is 10.6. The van der Waals surface area contributed by atoms with Crippen LogP contribution in [-0.4, -0.2) is 46.1 Å². The van der Waals surface area contributed by atoms with Crippen molar-refractivity contribution in [3.05, 3.63) is 60.2 Å². The molecular weight excluding hydrogens is 378 g/mol. The van der Waals surface area contributed by atoms with E-state index in [1.54, 1.807) is 6.08 Å². The van der Waals surface area contributed by atoms with E-state index in [-0.39, 0.29) is 17.7 Å². The van der Waals surface area contributed by atoms with Crippen LogP contribution in [-0.2, 0) is 11.2 Å². The number of carbonyl (C=O) groups excluding carboxylic acids is 1. The Hall–Kier alpha value is -1.95. The Kier molecular flexibility index (Phi) is 10.8. The van der Waals surface area contributed by atoms with Crippen LogP contribution >= 0.6 is 0 Å². The molecule has 5 heteroatoms. The molecule has 1 aromatic carbocycles. The molecule has 0 heterocycles. The molecule has 30 heavy (non-hydrogen) atoms. The van der Waals surface area contributed by atoms with Gasteiger partial charge in [0.25, 0.3) is 0 Å². The number of aryl methyl sites for hydroxylation is 1. The van der Waals surface area contributed by atoms with E-state index in [0.717, 1.165) is 19.3 Å². The minimum atomic E-state index is -0.589. The van der Waals surface area contributed by atoms with Crippen molar-refractivity contribution in [3.63, 3.8) is 0 Å². The van der Waals surface area contributed by atoms with Crippen molar-refractivity contribution in [1.82, 2.24) is 5.32 Å². The van der Waals surface area contributed by atoms with Crippen molar-refractivity contribution in [2.24, 2.45) is 11.8 Å². The molecule has 1 amide bonds. The van der Waals surface area contributed by atoms with Crippen molar-refractivity contribution in [2.75, 3.05) is 6.54 Å². The normalized spacial score (nSPS) is 25.2. The van der Waals surface area contributed by atoms with Crippen LogP contribution in [0.1, 0.15) is 51.0 Å². The van der Waals surface area contributed by atoms with E-state index in [1.807, 2.05) is 55.5 Å². The summed E-state index contributed by atoms with van der Waals surface area (Å²) in [6.45, 7) is 2.57. The van der Waals surface area contributed by atoms with Gasteiger partial charge < -0.3 is 20.6 Å². The van der Waals surface area contributed by atoms with Gasteiger partial charge in [-0.05, 0) is 50.5 Å². The Morgan fingerprint density at radius 2 is 1.97 bits per heavy atom. The van der Waals surface area contributed by atoms with Crippen LogP contribution in [0.4, 0.5) is 0 Å². The topological polar surface area (TPSA) is 89.8 Å². The van der Waals surface area contributed by atoms with Crippen LogP contribution in [0.2, 0.25) is 0 Å². The van der Waals surface area contributed by atoms with Crippen molar-refractivity contribution >= 4 is 5.91 Å². The largest absolute Gasteiger partial charge is 0.393 e. The van der Waals surface area contributed by atoms with Gasteiger partial charge in [0.15, 0.2) is 0 Å². The summed E-state index contributed by atoms with van der Waals surface area (Å²) < 4.78 is 0. The first kappa shape index (κ1) is 24.3. The number of unbranched alkanes of at least 4 members (excludes halogenated alkanes) is 1. The molecule has 0 radical (unpaired) electrons. The molecule has 5 atom stereocenters. The summed E-state index contributed by atoms with van der Waals surface area (Å²) in [7, 11) is 0. The quantitative estimate of drug-likeness (QED) is 0.312. The van der Waals surface area contributed by atoms with Gasteiger partial charge in [-0.3, -0.25) is 4.79 Å². The first-order valence-corrected chi connectivity index (χ1v) is 11.2. The summed E-state index contributed by atoms with van der Waals surface area (Å²) in [6, 6.07) is 10.1. The predicted molar refractivity (Wildman–Crippen MR) is 120 cm³/mol. The third kappa shape index (κ3) is 8.42. The van der Waals surface area contributed by atoms with E-state index >= 15 is 0 Å².